The molecule has 0 atom stereocenters. The Morgan fingerprint density at radius 3 is 2.52 bits per heavy atom. The Labute approximate surface area is 148 Å². The number of amides is 1. The second-order valence-corrected chi connectivity index (χ2v) is 5.79. The zero-order chi connectivity index (χ0) is 17.2. The summed E-state index contributed by atoms with van der Waals surface area (Å²) >= 11 is 5.84. The molecule has 2 aromatic heterocycles. The van der Waals surface area contributed by atoms with E-state index in [0.717, 1.165) is 5.69 Å². The maximum atomic E-state index is 12.3. The van der Waals surface area contributed by atoms with Crippen molar-refractivity contribution < 1.29 is 4.79 Å². The van der Waals surface area contributed by atoms with Crippen molar-refractivity contribution in [2.24, 2.45) is 0 Å². The molecule has 122 valence electrons. The van der Waals surface area contributed by atoms with E-state index in [1.165, 1.54) is 0 Å². The number of rotatable bonds is 3. The molecule has 0 unspecified atom stereocenters. The zero-order valence-corrected chi connectivity index (χ0v) is 13.7. The van der Waals surface area contributed by atoms with Crippen molar-refractivity contribution in [3.8, 4) is 5.69 Å². The first-order chi connectivity index (χ1) is 12.2. The van der Waals surface area contributed by atoms with Crippen LogP contribution in [0.1, 0.15) is 10.4 Å². The monoisotopic (exact) mass is 349 g/mol. The van der Waals surface area contributed by atoms with E-state index < -0.39 is 0 Å². The minimum Gasteiger partial charge on any atom is -0.322 e. The molecule has 2 aromatic carbocycles. The van der Waals surface area contributed by atoms with E-state index in [4.69, 9.17) is 11.6 Å². The van der Waals surface area contributed by atoms with Crippen LogP contribution in [-0.2, 0) is 0 Å². The lowest BCUT2D eigenvalue weighted by molar-refractivity contribution is 0.102. The molecular formula is C18H12ClN5O. The molecule has 6 nitrogen and oxygen atoms in total. The van der Waals surface area contributed by atoms with Crippen molar-refractivity contribution >= 4 is 34.4 Å². The molecule has 0 bridgehead atoms. The van der Waals surface area contributed by atoms with E-state index in [1.54, 1.807) is 59.4 Å². The quantitative estimate of drug-likeness (QED) is 0.611. The predicted octanol–water partition coefficient (Wildman–Crippen LogP) is 3.72. The van der Waals surface area contributed by atoms with Gasteiger partial charge >= 0.3 is 0 Å². The van der Waals surface area contributed by atoms with Gasteiger partial charge in [0, 0.05) is 22.5 Å². The van der Waals surface area contributed by atoms with E-state index in [9.17, 15) is 4.79 Å². The van der Waals surface area contributed by atoms with Crippen LogP contribution in [0.15, 0.2) is 66.9 Å². The fourth-order valence-electron chi connectivity index (χ4n) is 2.43. The molecule has 2 heterocycles. The topological polar surface area (TPSA) is 72.7 Å². The summed E-state index contributed by atoms with van der Waals surface area (Å²) in [6, 6.07) is 17.7. The number of carbonyl (C=O) groups excluding carboxylic acids is 1. The van der Waals surface area contributed by atoms with E-state index in [0.29, 0.717) is 27.4 Å². The van der Waals surface area contributed by atoms with Crippen LogP contribution >= 0.6 is 11.6 Å². The lowest BCUT2D eigenvalue weighted by Gasteiger charge is -2.06. The molecule has 0 saturated carbocycles. The largest absolute Gasteiger partial charge is 0.322 e. The minimum atomic E-state index is -0.199. The van der Waals surface area contributed by atoms with Gasteiger partial charge in [-0.05, 0) is 60.7 Å². The first-order valence-corrected chi connectivity index (χ1v) is 7.92. The molecular weight excluding hydrogens is 338 g/mol. The first-order valence-electron chi connectivity index (χ1n) is 7.54. The van der Waals surface area contributed by atoms with Gasteiger partial charge < -0.3 is 5.32 Å². The van der Waals surface area contributed by atoms with Gasteiger partial charge in [0.15, 0.2) is 5.65 Å². The van der Waals surface area contributed by atoms with Crippen LogP contribution < -0.4 is 5.32 Å². The number of nitrogens with zero attached hydrogens (tertiary/aromatic N) is 4. The molecule has 1 amide bonds. The molecule has 4 aromatic rings. The summed E-state index contributed by atoms with van der Waals surface area (Å²) in [5.41, 5.74) is 3.39. The van der Waals surface area contributed by atoms with Gasteiger partial charge in [-0.3, -0.25) is 4.79 Å². The molecule has 0 fully saturated rings. The maximum Gasteiger partial charge on any atom is 0.255 e. The summed E-state index contributed by atoms with van der Waals surface area (Å²) in [4.78, 5) is 16.6. The summed E-state index contributed by atoms with van der Waals surface area (Å²) < 4.78 is 1.64. The van der Waals surface area contributed by atoms with Crippen molar-refractivity contribution in [1.82, 2.24) is 20.0 Å². The van der Waals surface area contributed by atoms with Crippen molar-refractivity contribution in [3.63, 3.8) is 0 Å². The van der Waals surface area contributed by atoms with Crippen LogP contribution in [0.25, 0.3) is 16.9 Å². The number of halogens is 1. The molecule has 0 aliphatic heterocycles. The highest BCUT2D eigenvalue weighted by Crippen LogP contribution is 2.17. The van der Waals surface area contributed by atoms with E-state index in [1.807, 2.05) is 12.1 Å². The van der Waals surface area contributed by atoms with Gasteiger partial charge in [-0.1, -0.05) is 16.8 Å². The van der Waals surface area contributed by atoms with Gasteiger partial charge in [0.25, 0.3) is 5.91 Å². The number of aromatic nitrogens is 4. The van der Waals surface area contributed by atoms with Crippen LogP contribution in [0.5, 0.6) is 0 Å². The third-order valence-electron chi connectivity index (χ3n) is 3.68. The number of pyridine rings is 1. The third-order valence-corrected chi connectivity index (χ3v) is 3.94. The van der Waals surface area contributed by atoms with Crippen molar-refractivity contribution in [1.29, 1.82) is 0 Å². The van der Waals surface area contributed by atoms with Gasteiger partial charge in [-0.15, -0.1) is 5.10 Å². The number of anilines is 1. The first kappa shape index (κ1) is 15.3. The Balaban J connectivity index is 1.57. The van der Waals surface area contributed by atoms with Crippen LogP contribution in [-0.4, -0.2) is 25.9 Å². The number of hydrogen-bond donors (Lipinski definition) is 1. The van der Waals surface area contributed by atoms with Crippen LogP contribution in [0.3, 0.4) is 0 Å². The Morgan fingerprint density at radius 2 is 1.76 bits per heavy atom. The van der Waals surface area contributed by atoms with Gasteiger partial charge in [-0.25, -0.2) is 4.98 Å². The highest BCUT2D eigenvalue weighted by Gasteiger charge is 2.09. The fourth-order valence-corrected chi connectivity index (χ4v) is 2.56. The SMILES string of the molecule is O=C(Nc1ccc(Cl)cc1)c1ccc(-n2nnc3cccnc32)cc1. The molecule has 0 spiro atoms. The number of benzene rings is 2. The second kappa shape index (κ2) is 6.33. The smallest absolute Gasteiger partial charge is 0.255 e. The average molecular weight is 350 g/mol. The second-order valence-electron chi connectivity index (χ2n) is 5.36. The lowest BCUT2D eigenvalue weighted by Crippen LogP contribution is -2.11. The van der Waals surface area contributed by atoms with Crippen LogP contribution in [0.2, 0.25) is 5.02 Å². The Bertz CT molecular complexity index is 1040. The number of hydrogen-bond acceptors (Lipinski definition) is 4. The molecule has 0 aliphatic carbocycles. The highest BCUT2D eigenvalue weighted by molar-refractivity contribution is 6.30. The van der Waals surface area contributed by atoms with Gasteiger partial charge in [0.1, 0.15) is 5.52 Å². The van der Waals surface area contributed by atoms with Crippen molar-refractivity contribution in [3.05, 3.63) is 77.4 Å². The molecule has 0 radical (unpaired) electrons. The molecule has 0 saturated heterocycles. The predicted molar refractivity (Wildman–Crippen MR) is 96.1 cm³/mol. The Hall–Kier alpha value is -3.25. The molecule has 1 N–H and O–H groups in total. The summed E-state index contributed by atoms with van der Waals surface area (Å²) in [6.45, 7) is 0. The molecule has 0 aliphatic rings. The fraction of sp³-hybridized carbons (Fsp3) is 0. The summed E-state index contributed by atoms with van der Waals surface area (Å²) in [6.07, 6.45) is 1.69. The van der Waals surface area contributed by atoms with E-state index in [2.05, 4.69) is 20.6 Å². The zero-order valence-electron chi connectivity index (χ0n) is 12.9. The number of nitrogens with one attached hydrogen (secondary N) is 1. The number of carbonyl (C=O) groups is 1. The maximum absolute atomic E-state index is 12.3. The summed E-state index contributed by atoms with van der Waals surface area (Å²) in [7, 11) is 0. The van der Waals surface area contributed by atoms with Crippen LogP contribution in [0.4, 0.5) is 5.69 Å². The van der Waals surface area contributed by atoms with Gasteiger partial charge in [-0.2, -0.15) is 4.68 Å². The molecule has 4 rings (SSSR count). The molecule has 25 heavy (non-hydrogen) atoms. The number of fused-ring (bicyclic) bond motifs is 1. The molecule has 7 heteroatoms. The summed E-state index contributed by atoms with van der Waals surface area (Å²) in [5, 5.41) is 11.6. The normalized spacial score (nSPS) is 10.8. The Morgan fingerprint density at radius 1 is 1.00 bits per heavy atom. The summed E-state index contributed by atoms with van der Waals surface area (Å²) in [5.74, 6) is -0.199. The lowest BCUT2D eigenvalue weighted by atomic mass is 10.2. The van der Waals surface area contributed by atoms with E-state index >= 15 is 0 Å². The minimum absolute atomic E-state index is 0.199. The van der Waals surface area contributed by atoms with Crippen LogP contribution in [0, 0.1) is 0 Å². The van der Waals surface area contributed by atoms with E-state index in [-0.39, 0.29) is 5.91 Å². The van der Waals surface area contributed by atoms with Gasteiger partial charge in [0.05, 0.1) is 5.69 Å². The van der Waals surface area contributed by atoms with Crippen molar-refractivity contribution in [2.45, 2.75) is 0 Å². The average Bonchev–Trinajstić information content (AvgIpc) is 3.08. The van der Waals surface area contributed by atoms with Crippen molar-refractivity contribution in [2.75, 3.05) is 5.32 Å². The standard InChI is InChI=1S/C18H12ClN5O/c19-13-5-7-14(8-6-13)21-18(25)12-3-9-15(10-4-12)24-17-16(22-23-24)2-1-11-20-17/h1-11H,(H,21,25). The third kappa shape index (κ3) is 3.07. The van der Waals surface area contributed by atoms with Gasteiger partial charge in [0.2, 0.25) is 0 Å². The highest BCUT2D eigenvalue weighted by atomic mass is 35.5. The Kier molecular flexibility index (Phi) is 3.87.